The Hall–Kier alpha value is -1.22. The fourth-order valence-corrected chi connectivity index (χ4v) is 1.56. The molecule has 0 spiro atoms. The van der Waals surface area contributed by atoms with Gasteiger partial charge in [-0.1, -0.05) is 12.1 Å². The lowest BCUT2D eigenvalue weighted by Gasteiger charge is -2.22. The molecule has 1 aromatic carbocycles. The van der Waals surface area contributed by atoms with Crippen molar-refractivity contribution in [3.8, 4) is 11.5 Å². The van der Waals surface area contributed by atoms with Crippen molar-refractivity contribution in [2.45, 2.75) is 19.1 Å². The summed E-state index contributed by atoms with van der Waals surface area (Å²) in [6, 6.07) is 7.76. The number of hydrogen-bond acceptors (Lipinski definition) is 3. The lowest BCUT2D eigenvalue weighted by atomic mass is 10.2. The molecule has 1 aliphatic rings. The highest BCUT2D eigenvalue weighted by Gasteiger charge is 2.35. The zero-order valence-corrected chi connectivity index (χ0v) is 8.54. The van der Waals surface area contributed by atoms with Crippen molar-refractivity contribution >= 4 is 0 Å². The maximum atomic E-state index is 5.73. The van der Waals surface area contributed by atoms with Crippen molar-refractivity contribution < 1.29 is 9.47 Å². The van der Waals surface area contributed by atoms with E-state index in [0.717, 1.165) is 24.5 Å². The third-order valence-corrected chi connectivity index (χ3v) is 2.33. The van der Waals surface area contributed by atoms with Gasteiger partial charge in [0.15, 0.2) is 11.5 Å². The minimum absolute atomic E-state index is 0.507. The molecule has 0 saturated heterocycles. The molecule has 1 heterocycles. The number of nitrogens with one attached hydrogen (secondary N) is 1. The normalized spacial score (nSPS) is 17.0. The van der Waals surface area contributed by atoms with E-state index in [1.165, 1.54) is 0 Å². The predicted molar refractivity (Wildman–Crippen MR) is 54.6 cm³/mol. The molecule has 1 N–H and O–H groups in total. The molecule has 0 atom stereocenters. The maximum Gasteiger partial charge on any atom is 0.250 e. The molecule has 1 aromatic rings. The number of benzene rings is 1. The van der Waals surface area contributed by atoms with Gasteiger partial charge < -0.3 is 14.8 Å². The van der Waals surface area contributed by atoms with E-state index in [-0.39, 0.29) is 0 Å². The van der Waals surface area contributed by atoms with Crippen molar-refractivity contribution in [3.63, 3.8) is 0 Å². The molecule has 3 heteroatoms. The first kappa shape index (κ1) is 9.34. The first-order valence-electron chi connectivity index (χ1n) is 4.85. The molecule has 0 saturated carbocycles. The van der Waals surface area contributed by atoms with Crippen molar-refractivity contribution in [1.82, 2.24) is 5.32 Å². The molecule has 1 aliphatic heterocycles. The largest absolute Gasteiger partial charge is 0.449 e. The van der Waals surface area contributed by atoms with Crippen LogP contribution in [0.2, 0.25) is 0 Å². The van der Waals surface area contributed by atoms with E-state index in [2.05, 4.69) is 5.32 Å². The Labute approximate surface area is 84.0 Å². The Morgan fingerprint density at radius 2 is 1.79 bits per heavy atom. The highest BCUT2D eigenvalue weighted by atomic mass is 16.7. The van der Waals surface area contributed by atoms with E-state index < -0.39 is 5.79 Å². The second kappa shape index (κ2) is 3.50. The SMILES string of the molecule is CNCCC1(C)Oc2ccccc2O1. The van der Waals surface area contributed by atoms with Crippen molar-refractivity contribution in [3.05, 3.63) is 24.3 Å². The second-order valence-electron chi connectivity index (χ2n) is 3.64. The topological polar surface area (TPSA) is 30.5 Å². The van der Waals surface area contributed by atoms with Gasteiger partial charge in [0.2, 0.25) is 5.79 Å². The van der Waals surface area contributed by atoms with Gasteiger partial charge in [-0.3, -0.25) is 0 Å². The smallest absolute Gasteiger partial charge is 0.250 e. The number of fused-ring (bicyclic) bond motifs is 1. The lowest BCUT2D eigenvalue weighted by molar-refractivity contribution is -0.0669. The Morgan fingerprint density at radius 3 is 2.29 bits per heavy atom. The van der Waals surface area contributed by atoms with Crippen molar-refractivity contribution in [2.75, 3.05) is 13.6 Å². The number of ether oxygens (including phenoxy) is 2. The van der Waals surface area contributed by atoms with Gasteiger partial charge >= 0.3 is 0 Å². The van der Waals surface area contributed by atoms with Crippen LogP contribution in [0.4, 0.5) is 0 Å². The molecule has 0 radical (unpaired) electrons. The summed E-state index contributed by atoms with van der Waals surface area (Å²) in [5.41, 5.74) is 0. The van der Waals surface area contributed by atoms with E-state index >= 15 is 0 Å². The number of rotatable bonds is 3. The molecule has 0 aromatic heterocycles. The summed E-state index contributed by atoms with van der Waals surface area (Å²) in [6.45, 7) is 2.84. The van der Waals surface area contributed by atoms with Gasteiger partial charge in [-0.25, -0.2) is 0 Å². The minimum Gasteiger partial charge on any atom is -0.449 e. The van der Waals surface area contributed by atoms with Gasteiger partial charge in [-0.05, 0) is 19.2 Å². The van der Waals surface area contributed by atoms with Gasteiger partial charge in [0.25, 0.3) is 0 Å². The Kier molecular flexibility index (Phi) is 2.33. The summed E-state index contributed by atoms with van der Waals surface area (Å²) >= 11 is 0. The summed E-state index contributed by atoms with van der Waals surface area (Å²) < 4.78 is 11.5. The Balaban J connectivity index is 2.09. The van der Waals surface area contributed by atoms with Crippen LogP contribution in [0.5, 0.6) is 11.5 Å². The molecule has 0 aliphatic carbocycles. The van der Waals surface area contributed by atoms with Crippen LogP contribution in [0.1, 0.15) is 13.3 Å². The molecule has 0 bridgehead atoms. The Bertz CT molecular complexity index is 300. The molecule has 3 nitrogen and oxygen atoms in total. The van der Waals surface area contributed by atoms with E-state index in [0.29, 0.717) is 0 Å². The molecule has 0 unspecified atom stereocenters. The highest BCUT2D eigenvalue weighted by molar-refractivity contribution is 5.42. The standard InChI is InChI=1S/C11H15NO2/c1-11(7-8-12-2)13-9-5-3-4-6-10(9)14-11/h3-6,12H,7-8H2,1-2H3. The highest BCUT2D eigenvalue weighted by Crippen LogP contribution is 2.39. The summed E-state index contributed by atoms with van der Waals surface area (Å²) in [5.74, 6) is 1.17. The van der Waals surface area contributed by atoms with Crippen molar-refractivity contribution in [1.29, 1.82) is 0 Å². The molecular formula is C11H15NO2. The average molecular weight is 193 g/mol. The molecule has 0 fully saturated rings. The lowest BCUT2D eigenvalue weighted by Crippen LogP contribution is -2.37. The molecule has 2 rings (SSSR count). The quantitative estimate of drug-likeness (QED) is 0.793. The molecule has 0 amide bonds. The summed E-state index contributed by atoms with van der Waals surface area (Å²) in [6.07, 6.45) is 0.832. The Morgan fingerprint density at radius 1 is 1.21 bits per heavy atom. The first-order valence-corrected chi connectivity index (χ1v) is 4.85. The molecular weight excluding hydrogens is 178 g/mol. The number of para-hydroxylation sites is 2. The summed E-state index contributed by atoms with van der Waals surface area (Å²) in [4.78, 5) is 0. The van der Waals surface area contributed by atoms with Crippen LogP contribution >= 0.6 is 0 Å². The second-order valence-corrected chi connectivity index (χ2v) is 3.64. The van der Waals surface area contributed by atoms with Crippen LogP contribution in [0.15, 0.2) is 24.3 Å². The van der Waals surface area contributed by atoms with Crippen LogP contribution in [0.3, 0.4) is 0 Å². The van der Waals surface area contributed by atoms with Crippen LogP contribution in [-0.4, -0.2) is 19.4 Å². The van der Waals surface area contributed by atoms with Gasteiger partial charge in [0.1, 0.15) is 0 Å². The van der Waals surface area contributed by atoms with Gasteiger partial charge in [0.05, 0.1) is 0 Å². The van der Waals surface area contributed by atoms with Crippen LogP contribution in [0, 0.1) is 0 Å². The predicted octanol–water partition coefficient (Wildman–Crippen LogP) is 1.78. The minimum atomic E-state index is -0.507. The zero-order valence-electron chi connectivity index (χ0n) is 8.54. The van der Waals surface area contributed by atoms with Gasteiger partial charge in [-0.2, -0.15) is 0 Å². The zero-order chi connectivity index (χ0) is 10.0. The van der Waals surface area contributed by atoms with E-state index in [9.17, 15) is 0 Å². The van der Waals surface area contributed by atoms with Crippen LogP contribution in [0.25, 0.3) is 0 Å². The van der Waals surface area contributed by atoms with E-state index in [4.69, 9.17) is 9.47 Å². The third-order valence-electron chi connectivity index (χ3n) is 2.33. The fourth-order valence-electron chi connectivity index (χ4n) is 1.56. The van der Waals surface area contributed by atoms with E-state index in [1.54, 1.807) is 0 Å². The first-order chi connectivity index (χ1) is 6.73. The third kappa shape index (κ3) is 1.68. The van der Waals surface area contributed by atoms with Gasteiger partial charge in [-0.15, -0.1) is 0 Å². The molecule has 14 heavy (non-hydrogen) atoms. The van der Waals surface area contributed by atoms with E-state index in [1.807, 2.05) is 38.2 Å². The number of hydrogen-bond donors (Lipinski definition) is 1. The fraction of sp³-hybridized carbons (Fsp3) is 0.455. The maximum absolute atomic E-state index is 5.73. The van der Waals surface area contributed by atoms with Crippen LogP contribution < -0.4 is 14.8 Å². The summed E-state index contributed by atoms with van der Waals surface area (Å²) in [7, 11) is 1.92. The van der Waals surface area contributed by atoms with Crippen LogP contribution in [-0.2, 0) is 0 Å². The van der Waals surface area contributed by atoms with Crippen molar-refractivity contribution in [2.24, 2.45) is 0 Å². The summed E-state index contributed by atoms with van der Waals surface area (Å²) in [5, 5.41) is 3.09. The molecule has 76 valence electrons. The van der Waals surface area contributed by atoms with Gasteiger partial charge in [0, 0.05) is 19.9 Å². The average Bonchev–Trinajstić information content (AvgIpc) is 2.51. The monoisotopic (exact) mass is 193 g/mol.